The third-order valence-electron chi connectivity index (χ3n) is 2.40. The first-order valence-corrected chi connectivity index (χ1v) is 6.61. The number of rotatable bonds is 4. The van der Waals surface area contributed by atoms with E-state index in [2.05, 4.69) is 20.5 Å². The molecule has 2 aromatic heterocycles. The van der Waals surface area contributed by atoms with E-state index in [1.54, 1.807) is 16.8 Å². The highest BCUT2D eigenvalue weighted by atomic mass is 32.1. The predicted molar refractivity (Wildman–Crippen MR) is 61.3 cm³/mol. The molecular weight excluding hydrogens is 228 g/mol. The van der Waals surface area contributed by atoms with Gasteiger partial charge in [0.05, 0.1) is 17.7 Å². The van der Waals surface area contributed by atoms with E-state index in [-0.39, 0.29) is 0 Å². The maximum absolute atomic E-state index is 4.42. The molecule has 0 atom stereocenters. The smallest absolute Gasteiger partial charge is 0.205 e. The average molecular weight is 238 g/mol. The maximum Gasteiger partial charge on any atom is 0.205 e. The second kappa shape index (κ2) is 3.86. The van der Waals surface area contributed by atoms with Crippen LogP contribution in [0.4, 0.5) is 5.13 Å². The van der Waals surface area contributed by atoms with E-state index < -0.39 is 0 Å². The summed E-state index contributed by atoms with van der Waals surface area (Å²) in [5.74, 6) is 0.725. The van der Waals surface area contributed by atoms with Crippen molar-refractivity contribution in [1.29, 1.82) is 0 Å². The molecule has 2 heterocycles. The van der Waals surface area contributed by atoms with Gasteiger partial charge in [0.1, 0.15) is 5.51 Å². The molecule has 0 bridgehead atoms. The molecular formula is C9H10N4S2. The summed E-state index contributed by atoms with van der Waals surface area (Å²) in [5.41, 5.74) is 4.96. The van der Waals surface area contributed by atoms with Gasteiger partial charge in [0.15, 0.2) is 0 Å². The van der Waals surface area contributed by atoms with Crippen molar-refractivity contribution in [2.24, 2.45) is 0 Å². The highest BCUT2D eigenvalue weighted by Gasteiger charge is 2.28. The van der Waals surface area contributed by atoms with Gasteiger partial charge in [-0.25, -0.2) is 4.98 Å². The monoisotopic (exact) mass is 238 g/mol. The first kappa shape index (κ1) is 9.23. The zero-order valence-corrected chi connectivity index (χ0v) is 9.64. The van der Waals surface area contributed by atoms with Crippen molar-refractivity contribution in [1.82, 2.24) is 15.2 Å². The van der Waals surface area contributed by atoms with Crippen LogP contribution in [0, 0.1) is 0 Å². The molecule has 0 amide bonds. The molecule has 0 unspecified atom stereocenters. The molecule has 0 aromatic carbocycles. The van der Waals surface area contributed by atoms with Crippen molar-refractivity contribution in [2.75, 3.05) is 5.32 Å². The maximum atomic E-state index is 4.42. The molecule has 78 valence electrons. The summed E-state index contributed by atoms with van der Waals surface area (Å²) in [6.45, 7) is 0.825. The second-order valence-electron chi connectivity index (χ2n) is 3.53. The summed E-state index contributed by atoms with van der Waals surface area (Å²) >= 11 is 3.25. The van der Waals surface area contributed by atoms with Crippen LogP contribution in [-0.2, 0) is 6.54 Å². The van der Waals surface area contributed by atoms with Crippen molar-refractivity contribution in [3.63, 3.8) is 0 Å². The van der Waals surface area contributed by atoms with Crippen LogP contribution in [0.1, 0.15) is 29.3 Å². The van der Waals surface area contributed by atoms with E-state index in [0.717, 1.165) is 17.6 Å². The summed E-state index contributed by atoms with van der Waals surface area (Å²) in [6, 6.07) is 0. The van der Waals surface area contributed by atoms with Crippen LogP contribution in [0.3, 0.4) is 0 Å². The van der Waals surface area contributed by atoms with Crippen LogP contribution >= 0.6 is 22.7 Å². The molecule has 6 heteroatoms. The van der Waals surface area contributed by atoms with Crippen LogP contribution in [0.25, 0.3) is 0 Å². The second-order valence-corrected chi connectivity index (χ2v) is 5.31. The van der Waals surface area contributed by atoms with Gasteiger partial charge < -0.3 is 5.32 Å². The molecule has 2 aromatic rings. The average Bonchev–Trinajstić information content (AvgIpc) is 2.81. The predicted octanol–water partition coefficient (Wildman–Crippen LogP) is 2.48. The summed E-state index contributed by atoms with van der Waals surface area (Å²) < 4.78 is 0. The number of aromatic nitrogens is 3. The van der Waals surface area contributed by atoms with Gasteiger partial charge in [0, 0.05) is 10.8 Å². The zero-order chi connectivity index (χ0) is 10.1. The molecule has 0 spiro atoms. The quantitative estimate of drug-likeness (QED) is 0.889. The van der Waals surface area contributed by atoms with Crippen molar-refractivity contribution in [2.45, 2.75) is 25.3 Å². The molecule has 0 saturated heterocycles. The Morgan fingerprint density at radius 1 is 1.33 bits per heavy atom. The largest absolute Gasteiger partial charge is 0.355 e. The number of hydrogen-bond acceptors (Lipinski definition) is 6. The molecule has 3 rings (SSSR count). The Kier molecular flexibility index (Phi) is 2.38. The van der Waals surface area contributed by atoms with Gasteiger partial charge in [0.25, 0.3) is 0 Å². The third-order valence-corrected chi connectivity index (χ3v) is 3.89. The first-order chi connectivity index (χ1) is 7.43. The Morgan fingerprint density at radius 3 is 3.00 bits per heavy atom. The van der Waals surface area contributed by atoms with E-state index in [1.165, 1.54) is 34.7 Å². The van der Waals surface area contributed by atoms with Crippen LogP contribution in [0.15, 0.2) is 11.0 Å². The number of thiazole rings is 1. The number of nitrogens with zero attached hydrogens (tertiary/aromatic N) is 3. The molecule has 1 saturated carbocycles. The fraction of sp³-hybridized carbons (Fsp3) is 0.444. The topological polar surface area (TPSA) is 50.7 Å². The number of nitrogens with one attached hydrogen (secondary N) is 1. The lowest BCUT2D eigenvalue weighted by Gasteiger charge is -2.01. The van der Waals surface area contributed by atoms with Crippen molar-refractivity contribution in [3.8, 4) is 0 Å². The normalized spacial score (nSPS) is 15.5. The van der Waals surface area contributed by atoms with E-state index in [9.17, 15) is 0 Å². The Bertz CT molecular complexity index is 433. The lowest BCUT2D eigenvalue weighted by molar-refractivity contribution is 0.991. The minimum atomic E-state index is 0.725. The van der Waals surface area contributed by atoms with Crippen molar-refractivity contribution < 1.29 is 0 Å². The highest BCUT2D eigenvalue weighted by molar-refractivity contribution is 7.13. The van der Waals surface area contributed by atoms with E-state index in [0.29, 0.717) is 0 Å². The van der Waals surface area contributed by atoms with Gasteiger partial charge >= 0.3 is 0 Å². The molecule has 1 fully saturated rings. The Morgan fingerprint density at radius 2 is 2.27 bits per heavy atom. The fourth-order valence-corrected chi connectivity index (χ4v) is 2.74. The summed E-state index contributed by atoms with van der Waals surface area (Å²) in [6.07, 6.45) is 2.60. The van der Waals surface area contributed by atoms with Gasteiger partial charge in [0.2, 0.25) is 5.13 Å². The molecule has 4 nitrogen and oxygen atoms in total. The van der Waals surface area contributed by atoms with Crippen LogP contribution < -0.4 is 5.32 Å². The number of hydrogen-bond donors (Lipinski definition) is 1. The minimum absolute atomic E-state index is 0.725. The molecule has 1 N–H and O–H groups in total. The van der Waals surface area contributed by atoms with Gasteiger partial charge in [-0.2, -0.15) is 0 Å². The molecule has 1 aliphatic carbocycles. The van der Waals surface area contributed by atoms with E-state index in [1.807, 2.05) is 5.51 Å². The molecule has 15 heavy (non-hydrogen) atoms. The van der Waals surface area contributed by atoms with Crippen molar-refractivity contribution >= 4 is 27.8 Å². The zero-order valence-electron chi connectivity index (χ0n) is 8.01. The van der Waals surface area contributed by atoms with Gasteiger partial charge in [-0.05, 0) is 12.8 Å². The molecule has 0 aliphatic heterocycles. The van der Waals surface area contributed by atoms with Crippen LogP contribution in [0.2, 0.25) is 0 Å². The summed E-state index contributed by atoms with van der Waals surface area (Å²) in [5, 5.41) is 11.9. The Labute approximate surface area is 95.4 Å². The SMILES string of the molecule is c1nnc(NCc2scnc2C2CC2)s1. The summed E-state index contributed by atoms with van der Waals surface area (Å²) in [7, 11) is 0. The van der Waals surface area contributed by atoms with Gasteiger partial charge in [-0.15, -0.1) is 21.5 Å². The molecule has 0 radical (unpaired) electrons. The lowest BCUT2D eigenvalue weighted by Crippen LogP contribution is -1.99. The van der Waals surface area contributed by atoms with Gasteiger partial charge in [-0.1, -0.05) is 11.3 Å². The van der Waals surface area contributed by atoms with Crippen molar-refractivity contribution in [3.05, 3.63) is 21.6 Å². The standard InChI is InChI=1S/C9H10N4S2/c1-2-6(1)8-7(14-4-11-8)3-10-9-13-12-5-15-9/h4-6H,1-3H2,(H,10,13). The van der Waals surface area contributed by atoms with Gasteiger partial charge in [-0.3, -0.25) is 0 Å². The summed E-state index contributed by atoms with van der Waals surface area (Å²) in [4.78, 5) is 5.76. The Balaban J connectivity index is 1.68. The first-order valence-electron chi connectivity index (χ1n) is 4.86. The van der Waals surface area contributed by atoms with Crippen LogP contribution in [0.5, 0.6) is 0 Å². The van der Waals surface area contributed by atoms with E-state index >= 15 is 0 Å². The fourth-order valence-electron chi connectivity index (χ4n) is 1.51. The van der Waals surface area contributed by atoms with Crippen LogP contribution in [-0.4, -0.2) is 15.2 Å². The third kappa shape index (κ3) is 2.00. The van der Waals surface area contributed by atoms with E-state index in [4.69, 9.17) is 0 Å². The lowest BCUT2D eigenvalue weighted by atomic mass is 10.2. The highest BCUT2D eigenvalue weighted by Crippen LogP contribution is 2.41. The Hall–Kier alpha value is -1.01. The number of anilines is 1. The molecule has 1 aliphatic rings. The minimum Gasteiger partial charge on any atom is -0.355 e.